The molecule has 1 aromatic carbocycles. The molecule has 2 saturated heterocycles. The van der Waals surface area contributed by atoms with Crippen molar-refractivity contribution in [3.05, 3.63) is 29.8 Å². The van der Waals surface area contributed by atoms with Crippen molar-refractivity contribution in [1.29, 1.82) is 0 Å². The summed E-state index contributed by atoms with van der Waals surface area (Å²) in [5, 5.41) is 3.27. The van der Waals surface area contributed by atoms with E-state index in [1.807, 2.05) is 7.05 Å². The largest absolute Gasteiger partial charge is 0.371 e. The fourth-order valence-corrected chi connectivity index (χ4v) is 2.97. The van der Waals surface area contributed by atoms with Gasteiger partial charge in [-0.25, -0.2) is 0 Å². The van der Waals surface area contributed by atoms with E-state index < -0.39 is 0 Å². The molecule has 3 rings (SSSR count). The normalized spacial score (nSPS) is 28.4. The van der Waals surface area contributed by atoms with Crippen LogP contribution in [0.5, 0.6) is 0 Å². The standard InChI is InChI=1S/C15H22N2O/c1-11(16-2)12-3-5-13(6-4-12)17-9-14-7-8-15(10-17)18-14/h3-6,11,14-16H,7-10H2,1-2H3. The van der Waals surface area contributed by atoms with Gasteiger partial charge in [-0.1, -0.05) is 12.1 Å². The van der Waals surface area contributed by atoms with Crippen molar-refractivity contribution in [2.45, 2.75) is 38.0 Å². The van der Waals surface area contributed by atoms with Gasteiger partial charge >= 0.3 is 0 Å². The summed E-state index contributed by atoms with van der Waals surface area (Å²) < 4.78 is 5.88. The Hall–Kier alpha value is -1.06. The van der Waals surface area contributed by atoms with Gasteiger partial charge in [-0.15, -0.1) is 0 Å². The van der Waals surface area contributed by atoms with Crippen LogP contribution in [0.3, 0.4) is 0 Å². The summed E-state index contributed by atoms with van der Waals surface area (Å²) in [6, 6.07) is 9.36. The summed E-state index contributed by atoms with van der Waals surface area (Å²) >= 11 is 0. The van der Waals surface area contributed by atoms with Gasteiger partial charge in [-0.2, -0.15) is 0 Å². The monoisotopic (exact) mass is 246 g/mol. The number of morpholine rings is 1. The van der Waals surface area contributed by atoms with Gasteiger partial charge in [0.1, 0.15) is 0 Å². The molecule has 98 valence electrons. The first-order valence-corrected chi connectivity index (χ1v) is 6.94. The molecule has 1 N–H and O–H groups in total. The Morgan fingerprint density at radius 2 is 1.78 bits per heavy atom. The van der Waals surface area contributed by atoms with Crippen molar-refractivity contribution in [2.24, 2.45) is 0 Å². The predicted octanol–water partition coefficient (Wildman–Crippen LogP) is 2.33. The summed E-state index contributed by atoms with van der Waals surface area (Å²) in [5.41, 5.74) is 2.68. The van der Waals surface area contributed by atoms with Crippen molar-refractivity contribution < 1.29 is 4.74 Å². The lowest BCUT2D eigenvalue weighted by atomic mass is 10.1. The fraction of sp³-hybridized carbons (Fsp3) is 0.600. The smallest absolute Gasteiger partial charge is 0.0755 e. The van der Waals surface area contributed by atoms with Gasteiger partial charge in [0.25, 0.3) is 0 Å². The third-order valence-corrected chi connectivity index (χ3v) is 4.23. The highest BCUT2D eigenvalue weighted by Gasteiger charge is 2.33. The zero-order valence-corrected chi connectivity index (χ0v) is 11.2. The molecule has 0 aromatic heterocycles. The lowest BCUT2D eigenvalue weighted by Crippen LogP contribution is -2.42. The molecule has 0 aliphatic carbocycles. The molecule has 18 heavy (non-hydrogen) atoms. The summed E-state index contributed by atoms with van der Waals surface area (Å²) in [5.74, 6) is 0. The van der Waals surface area contributed by atoms with Gasteiger partial charge < -0.3 is 15.0 Å². The molecule has 3 nitrogen and oxygen atoms in total. The van der Waals surface area contributed by atoms with Crippen LogP contribution in [-0.4, -0.2) is 32.3 Å². The molecule has 0 amide bonds. The maximum Gasteiger partial charge on any atom is 0.0755 e. The summed E-state index contributed by atoms with van der Waals surface area (Å²) in [4.78, 5) is 2.47. The molecule has 2 aliphatic heterocycles. The lowest BCUT2D eigenvalue weighted by molar-refractivity contribution is 0.0305. The van der Waals surface area contributed by atoms with Gasteiger partial charge in [0, 0.05) is 24.8 Å². The molecule has 2 fully saturated rings. The molecule has 0 radical (unpaired) electrons. The molecule has 2 bridgehead atoms. The zero-order chi connectivity index (χ0) is 12.5. The number of hydrogen-bond acceptors (Lipinski definition) is 3. The first kappa shape index (κ1) is 12.0. The molecule has 1 aromatic rings. The second-order valence-corrected chi connectivity index (χ2v) is 5.46. The second-order valence-electron chi connectivity index (χ2n) is 5.46. The van der Waals surface area contributed by atoms with Crippen LogP contribution in [0.2, 0.25) is 0 Å². The third kappa shape index (κ3) is 2.25. The van der Waals surface area contributed by atoms with Crippen LogP contribution in [0, 0.1) is 0 Å². The minimum absolute atomic E-state index is 0.417. The van der Waals surface area contributed by atoms with Crippen LogP contribution in [-0.2, 0) is 4.74 Å². The molecule has 0 saturated carbocycles. The molecule has 3 atom stereocenters. The Morgan fingerprint density at radius 1 is 1.17 bits per heavy atom. The van der Waals surface area contributed by atoms with E-state index in [0.717, 1.165) is 13.1 Å². The van der Waals surface area contributed by atoms with Crippen LogP contribution in [0.4, 0.5) is 5.69 Å². The number of nitrogens with zero attached hydrogens (tertiary/aromatic N) is 1. The molecule has 2 aliphatic rings. The summed E-state index contributed by atoms with van der Waals surface area (Å²) in [7, 11) is 2.00. The zero-order valence-electron chi connectivity index (χ0n) is 11.2. The highest BCUT2D eigenvalue weighted by molar-refractivity contribution is 5.49. The van der Waals surface area contributed by atoms with Crippen LogP contribution < -0.4 is 10.2 Å². The average Bonchev–Trinajstić information content (AvgIpc) is 2.77. The first-order valence-electron chi connectivity index (χ1n) is 6.94. The number of hydrogen-bond donors (Lipinski definition) is 1. The number of anilines is 1. The lowest BCUT2D eigenvalue weighted by Gasteiger charge is -2.34. The quantitative estimate of drug-likeness (QED) is 0.886. The number of ether oxygens (including phenoxy) is 1. The second kappa shape index (κ2) is 4.90. The Morgan fingerprint density at radius 3 is 2.33 bits per heavy atom. The van der Waals surface area contributed by atoms with Crippen molar-refractivity contribution in [1.82, 2.24) is 5.32 Å². The maximum atomic E-state index is 5.88. The van der Waals surface area contributed by atoms with Crippen molar-refractivity contribution >= 4 is 5.69 Å². The van der Waals surface area contributed by atoms with Gasteiger partial charge in [0.05, 0.1) is 12.2 Å². The Kier molecular flexibility index (Phi) is 3.27. The minimum atomic E-state index is 0.417. The molecular weight excluding hydrogens is 224 g/mol. The van der Waals surface area contributed by atoms with E-state index in [1.54, 1.807) is 0 Å². The van der Waals surface area contributed by atoms with E-state index in [2.05, 4.69) is 41.4 Å². The van der Waals surface area contributed by atoms with Crippen LogP contribution in [0.25, 0.3) is 0 Å². The molecular formula is C15H22N2O. The van der Waals surface area contributed by atoms with E-state index in [1.165, 1.54) is 24.1 Å². The fourth-order valence-electron chi connectivity index (χ4n) is 2.97. The number of rotatable bonds is 3. The Labute approximate surface area is 109 Å². The average molecular weight is 246 g/mol. The number of benzene rings is 1. The van der Waals surface area contributed by atoms with Crippen molar-refractivity contribution in [3.8, 4) is 0 Å². The van der Waals surface area contributed by atoms with Crippen LogP contribution in [0.15, 0.2) is 24.3 Å². The molecule has 2 heterocycles. The van der Waals surface area contributed by atoms with Crippen molar-refractivity contribution in [3.63, 3.8) is 0 Å². The number of fused-ring (bicyclic) bond motifs is 2. The van der Waals surface area contributed by atoms with E-state index in [4.69, 9.17) is 4.74 Å². The van der Waals surface area contributed by atoms with Crippen molar-refractivity contribution in [2.75, 3.05) is 25.0 Å². The topological polar surface area (TPSA) is 24.5 Å². The summed E-state index contributed by atoms with van der Waals surface area (Å²) in [6.45, 7) is 4.29. The Bertz CT molecular complexity index is 391. The SMILES string of the molecule is CNC(C)c1ccc(N2CC3CCC(C2)O3)cc1. The van der Waals surface area contributed by atoms with Crippen LogP contribution in [0.1, 0.15) is 31.4 Å². The Balaban J connectivity index is 1.73. The van der Waals surface area contributed by atoms with E-state index >= 15 is 0 Å². The van der Waals surface area contributed by atoms with Gasteiger partial charge in [-0.05, 0) is 44.5 Å². The van der Waals surface area contributed by atoms with E-state index in [9.17, 15) is 0 Å². The summed E-state index contributed by atoms with van der Waals surface area (Å²) in [6.07, 6.45) is 3.38. The van der Waals surface area contributed by atoms with Gasteiger partial charge in [0.2, 0.25) is 0 Å². The molecule has 3 unspecified atom stereocenters. The maximum absolute atomic E-state index is 5.88. The highest BCUT2D eigenvalue weighted by atomic mass is 16.5. The van der Waals surface area contributed by atoms with E-state index in [-0.39, 0.29) is 0 Å². The molecule has 3 heteroatoms. The van der Waals surface area contributed by atoms with E-state index in [0.29, 0.717) is 18.2 Å². The highest BCUT2D eigenvalue weighted by Crippen LogP contribution is 2.30. The number of nitrogens with one attached hydrogen (secondary N) is 1. The first-order chi connectivity index (χ1) is 8.76. The van der Waals surface area contributed by atoms with Gasteiger partial charge in [0.15, 0.2) is 0 Å². The minimum Gasteiger partial charge on any atom is -0.371 e. The van der Waals surface area contributed by atoms with Crippen LogP contribution >= 0.6 is 0 Å². The third-order valence-electron chi connectivity index (χ3n) is 4.23. The predicted molar refractivity (Wildman–Crippen MR) is 74.0 cm³/mol. The van der Waals surface area contributed by atoms with Gasteiger partial charge in [-0.3, -0.25) is 0 Å². The molecule has 0 spiro atoms.